The van der Waals surface area contributed by atoms with Crippen molar-refractivity contribution in [2.45, 2.75) is 5.92 Å². The van der Waals surface area contributed by atoms with E-state index in [0.29, 0.717) is 5.65 Å². The second-order valence-electron chi connectivity index (χ2n) is 5.80. The van der Waals surface area contributed by atoms with Gasteiger partial charge in [-0.05, 0) is 17.7 Å². The maximum atomic E-state index is 9.78. The Hall–Kier alpha value is -2.18. The maximum absolute atomic E-state index is 9.78. The molecule has 1 fully saturated rings. The molecule has 3 aromatic rings. The summed E-state index contributed by atoms with van der Waals surface area (Å²) < 4.78 is 0. The molecule has 2 atom stereocenters. The Bertz CT molecular complexity index is 819. The molecule has 0 unspecified atom stereocenters. The fourth-order valence-electron chi connectivity index (χ4n) is 3.31. The van der Waals surface area contributed by atoms with Crippen molar-refractivity contribution < 1.29 is 5.11 Å². The molecule has 3 heterocycles. The first kappa shape index (κ1) is 14.4. The van der Waals surface area contributed by atoms with Gasteiger partial charge < -0.3 is 15.0 Å². The number of aliphatic hydroxyl groups is 1. The van der Waals surface area contributed by atoms with Gasteiger partial charge in [-0.1, -0.05) is 23.7 Å². The molecule has 1 aromatic carbocycles. The summed E-state index contributed by atoms with van der Waals surface area (Å²) in [5.74, 6) is 1.23. The Balaban J connectivity index is 1.67. The molecule has 23 heavy (non-hydrogen) atoms. The van der Waals surface area contributed by atoms with Gasteiger partial charge in [-0.3, -0.25) is 0 Å². The van der Waals surface area contributed by atoms with Crippen LogP contribution < -0.4 is 4.90 Å². The van der Waals surface area contributed by atoms with E-state index in [0.717, 1.165) is 29.4 Å². The largest absolute Gasteiger partial charge is 0.396 e. The summed E-state index contributed by atoms with van der Waals surface area (Å²) in [6, 6.07) is 7.85. The molecule has 0 amide bonds. The number of rotatable bonds is 3. The zero-order valence-electron chi connectivity index (χ0n) is 12.4. The Morgan fingerprint density at radius 2 is 2.00 bits per heavy atom. The third-order valence-corrected chi connectivity index (χ3v) is 4.73. The SMILES string of the molecule is OC[C@@H]1CN(c2ncnc3nc[nH]c23)C[C@H]1c1ccc(Cl)cc1. The first-order valence-electron chi connectivity index (χ1n) is 7.51. The quantitative estimate of drug-likeness (QED) is 0.770. The molecular weight excluding hydrogens is 314 g/mol. The number of hydrogen-bond donors (Lipinski definition) is 2. The Kier molecular flexibility index (Phi) is 3.63. The van der Waals surface area contributed by atoms with E-state index in [4.69, 9.17) is 11.6 Å². The number of nitrogens with one attached hydrogen (secondary N) is 1. The van der Waals surface area contributed by atoms with Gasteiger partial charge in [-0.15, -0.1) is 0 Å². The predicted octanol–water partition coefficient (Wildman–Crippen LogP) is 2.22. The molecule has 0 spiro atoms. The molecule has 2 N–H and O–H groups in total. The van der Waals surface area contributed by atoms with Gasteiger partial charge in [0, 0.05) is 36.6 Å². The monoisotopic (exact) mass is 329 g/mol. The number of aliphatic hydroxyl groups excluding tert-OH is 1. The van der Waals surface area contributed by atoms with Crippen LogP contribution in [0.5, 0.6) is 0 Å². The van der Waals surface area contributed by atoms with Gasteiger partial charge in [0.2, 0.25) is 0 Å². The summed E-state index contributed by atoms with van der Waals surface area (Å²) in [4.78, 5) is 18.0. The van der Waals surface area contributed by atoms with Crippen molar-refractivity contribution in [3.05, 3.63) is 47.5 Å². The smallest absolute Gasteiger partial charge is 0.182 e. The van der Waals surface area contributed by atoms with Gasteiger partial charge in [-0.2, -0.15) is 0 Å². The molecule has 1 saturated heterocycles. The first-order chi connectivity index (χ1) is 11.3. The molecule has 0 radical (unpaired) electrons. The number of aromatic amines is 1. The third-order valence-electron chi connectivity index (χ3n) is 4.48. The second-order valence-corrected chi connectivity index (χ2v) is 6.24. The first-order valence-corrected chi connectivity index (χ1v) is 7.89. The summed E-state index contributed by atoms with van der Waals surface area (Å²) in [6.45, 7) is 1.67. The number of fused-ring (bicyclic) bond motifs is 1. The summed E-state index contributed by atoms with van der Waals surface area (Å²) in [5.41, 5.74) is 2.68. The van der Waals surface area contributed by atoms with E-state index < -0.39 is 0 Å². The molecule has 0 aliphatic carbocycles. The van der Waals surface area contributed by atoms with Crippen molar-refractivity contribution >= 4 is 28.6 Å². The van der Waals surface area contributed by atoms with Crippen LogP contribution in [-0.4, -0.2) is 44.7 Å². The summed E-state index contributed by atoms with van der Waals surface area (Å²) in [7, 11) is 0. The van der Waals surface area contributed by atoms with Crippen molar-refractivity contribution in [2.75, 3.05) is 24.6 Å². The van der Waals surface area contributed by atoms with Crippen LogP contribution in [0.2, 0.25) is 5.02 Å². The van der Waals surface area contributed by atoms with E-state index in [-0.39, 0.29) is 18.4 Å². The third kappa shape index (κ3) is 2.54. The highest BCUT2D eigenvalue weighted by molar-refractivity contribution is 6.30. The van der Waals surface area contributed by atoms with E-state index >= 15 is 0 Å². The minimum Gasteiger partial charge on any atom is -0.396 e. The lowest BCUT2D eigenvalue weighted by atomic mass is 9.90. The van der Waals surface area contributed by atoms with Crippen molar-refractivity contribution in [3.8, 4) is 0 Å². The van der Waals surface area contributed by atoms with Crippen LogP contribution in [0, 0.1) is 5.92 Å². The molecule has 6 nitrogen and oxygen atoms in total. The van der Waals surface area contributed by atoms with E-state index in [1.54, 1.807) is 6.33 Å². The summed E-state index contributed by atoms with van der Waals surface area (Å²) in [6.07, 6.45) is 3.15. The van der Waals surface area contributed by atoms with Crippen molar-refractivity contribution in [1.82, 2.24) is 19.9 Å². The second kappa shape index (κ2) is 5.79. The normalized spacial score (nSPS) is 21.2. The predicted molar refractivity (Wildman–Crippen MR) is 88.7 cm³/mol. The number of H-pyrrole nitrogens is 1. The van der Waals surface area contributed by atoms with Crippen molar-refractivity contribution in [2.24, 2.45) is 5.92 Å². The molecule has 4 rings (SSSR count). The number of benzene rings is 1. The highest BCUT2D eigenvalue weighted by Crippen LogP contribution is 2.36. The topological polar surface area (TPSA) is 77.9 Å². The number of nitrogens with zero attached hydrogens (tertiary/aromatic N) is 4. The van der Waals surface area contributed by atoms with Crippen molar-refractivity contribution in [3.63, 3.8) is 0 Å². The minimum atomic E-state index is 0.140. The van der Waals surface area contributed by atoms with E-state index in [1.807, 2.05) is 24.3 Å². The Morgan fingerprint density at radius 3 is 2.78 bits per heavy atom. The Morgan fingerprint density at radius 1 is 1.17 bits per heavy atom. The number of hydrogen-bond acceptors (Lipinski definition) is 5. The maximum Gasteiger partial charge on any atom is 0.182 e. The average Bonchev–Trinajstić information content (AvgIpc) is 3.22. The van der Waals surface area contributed by atoms with Crippen LogP contribution in [-0.2, 0) is 0 Å². The van der Waals surface area contributed by atoms with Gasteiger partial charge >= 0.3 is 0 Å². The van der Waals surface area contributed by atoms with Crippen LogP contribution in [0.3, 0.4) is 0 Å². The molecule has 0 bridgehead atoms. The Labute approximate surface area is 138 Å². The lowest BCUT2D eigenvalue weighted by Gasteiger charge is -2.17. The number of aromatic nitrogens is 4. The molecule has 0 saturated carbocycles. The van der Waals surface area contributed by atoms with Crippen LogP contribution >= 0.6 is 11.6 Å². The minimum absolute atomic E-state index is 0.140. The van der Waals surface area contributed by atoms with E-state index in [9.17, 15) is 5.11 Å². The standard InChI is InChI=1S/C16H16ClN5O/c17-12-3-1-10(2-4-12)13-6-22(5-11(13)7-23)16-14-15(19-8-18-14)20-9-21-16/h1-4,8-9,11,13,23H,5-7H2,(H,18,19,20,21)/t11-,13-/m0/s1. The van der Waals surface area contributed by atoms with Gasteiger partial charge in [0.1, 0.15) is 11.8 Å². The summed E-state index contributed by atoms with van der Waals surface area (Å²) in [5, 5.41) is 10.5. The zero-order chi connectivity index (χ0) is 15.8. The lowest BCUT2D eigenvalue weighted by Crippen LogP contribution is -2.22. The highest BCUT2D eigenvalue weighted by Gasteiger charge is 2.34. The van der Waals surface area contributed by atoms with E-state index in [1.165, 1.54) is 11.9 Å². The number of halogens is 1. The van der Waals surface area contributed by atoms with Crippen molar-refractivity contribution in [1.29, 1.82) is 0 Å². The van der Waals surface area contributed by atoms with Gasteiger partial charge in [0.15, 0.2) is 11.5 Å². The molecule has 7 heteroatoms. The van der Waals surface area contributed by atoms with Crippen LogP contribution in [0.15, 0.2) is 36.9 Å². The number of imidazole rings is 1. The van der Waals surface area contributed by atoms with Crippen LogP contribution in [0.1, 0.15) is 11.5 Å². The van der Waals surface area contributed by atoms with Crippen LogP contribution in [0.25, 0.3) is 11.2 Å². The molecule has 1 aliphatic rings. The molecular formula is C16H16ClN5O. The molecule has 2 aromatic heterocycles. The molecule has 118 valence electrons. The van der Waals surface area contributed by atoms with E-state index in [2.05, 4.69) is 24.8 Å². The highest BCUT2D eigenvalue weighted by atomic mass is 35.5. The fourth-order valence-corrected chi connectivity index (χ4v) is 3.43. The van der Waals surface area contributed by atoms with Gasteiger partial charge in [0.25, 0.3) is 0 Å². The average molecular weight is 330 g/mol. The molecule has 1 aliphatic heterocycles. The number of anilines is 1. The van der Waals surface area contributed by atoms with Gasteiger partial charge in [0.05, 0.1) is 6.33 Å². The fraction of sp³-hybridized carbons (Fsp3) is 0.312. The van der Waals surface area contributed by atoms with Gasteiger partial charge in [-0.25, -0.2) is 15.0 Å². The summed E-state index contributed by atoms with van der Waals surface area (Å²) >= 11 is 5.98. The van der Waals surface area contributed by atoms with Crippen LogP contribution in [0.4, 0.5) is 5.82 Å². The zero-order valence-corrected chi connectivity index (χ0v) is 13.1. The lowest BCUT2D eigenvalue weighted by molar-refractivity contribution is 0.227.